The number of nitrogens with zero attached hydrogens (tertiary/aromatic N) is 2. The minimum atomic E-state index is -3.49. The lowest BCUT2D eigenvalue weighted by molar-refractivity contribution is 0.0159. The second-order valence-electron chi connectivity index (χ2n) is 12.8. The van der Waals surface area contributed by atoms with E-state index in [4.69, 9.17) is 14.6 Å². The third kappa shape index (κ3) is 6.38. The van der Waals surface area contributed by atoms with Crippen LogP contribution in [-0.2, 0) is 38.7 Å². The van der Waals surface area contributed by atoms with E-state index in [2.05, 4.69) is 5.32 Å². The number of ether oxygens (including phenoxy) is 2. The summed E-state index contributed by atoms with van der Waals surface area (Å²) in [6.45, 7) is 8.73. The van der Waals surface area contributed by atoms with E-state index in [-0.39, 0.29) is 33.6 Å². The Morgan fingerprint density at radius 3 is 2.63 bits per heavy atom. The average molecular weight is 586 g/mol. The van der Waals surface area contributed by atoms with Gasteiger partial charge in [-0.2, -0.15) is 5.10 Å². The van der Waals surface area contributed by atoms with Gasteiger partial charge >= 0.3 is 5.97 Å². The molecular weight excluding hydrogens is 542 g/mol. The summed E-state index contributed by atoms with van der Waals surface area (Å²) in [5, 5.41) is 7.60. The SMILES string of the molecule is CCn1nc(CC(C)(C)COC(=O)c2cccc(S(=O)(=O)C3CCCCC3)c2)c2c1C(=O)NCC1(CCOCC1)C2. The molecule has 1 aromatic carbocycles. The first-order valence-corrected chi connectivity index (χ1v) is 16.5. The number of benzene rings is 1. The molecule has 1 aliphatic carbocycles. The van der Waals surface area contributed by atoms with Gasteiger partial charge in [-0.3, -0.25) is 9.48 Å². The first kappa shape index (κ1) is 29.8. The molecule has 0 radical (unpaired) electrons. The van der Waals surface area contributed by atoms with Crippen LogP contribution in [0, 0.1) is 10.8 Å². The maximum atomic E-state index is 13.2. The maximum absolute atomic E-state index is 13.2. The molecule has 1 amide bonds. The van der Waals surface area contributed by atoms with Gasteiger partial charge in [-0.25, -0.2) is 13.2 Å². The highest BCUT2D eigenvalue weighted by Crippen LogP contribution is 2.39. The van der Waals surface area contributed by atoms with Gasteiger partial charge in [0.05, 0.1) is 28.0 Å². The van der Waals surface area contributed by atoms with Crippen LogP contribution in [0.15, 0.2) is 29.2 Å². The lowest BCUT2D eigenvalue weighted by atomic mass is 9.74. The number of hydrogen-bond donors (Lipinski definition) is 1. The molecule has 0 atom stereocenters. The molecule has 1 saturated carbocycles. The van der Waals surface area contributed by atoms with E-state index in [9.17, 15) is 18.0 Å². The molecule has 2 fully saturated rings. The van der Waals surface area contributed by atoms with Crippen LogP contribution < -0.4 is 5.32 Å². The first-order valence-electron chi connectivity index (χ1n) is 15.0. The Balaban J connectivity index is 1.30. The smallest absolute Gasteiger partial charge is 0.338 e. The zero-order valence-corrected chi connectivity index (χ0v) is 25.4. The standard InChI is InChI=1S/C31H43N3O6S/c1-4-34-27-25(18-31(20-32-28(27)35)13-15-39-16-14-31)26(33-34)19-30(2,3)21-40-29(36)22-9-8-12-24(17-22)41(37,38)23-10-6-5-7-11-23/h8-9,12,17,23H,4-7,10-11,13-16,18-21H2,1-3H3,(H,32,35). The van der Waals surface area contributed by atoms with Crippen molar-refractivity contribution in [3.05, 3.63) is 46.8 Å². The van der Waals surface area contributed by atoms with Crippen molar-refractivity contribution < 1.29 is 27.5 Å². The average Bonchev–Trinajstić information content (AvgIpc) is 3.24. The van der Waals surface area contributed by atoms with Gasteiger partial charge in [0.1, 0.15) is 5.69 Å². The van der Waals surface area contributed by atoms with Crippen LogP contribution in [0.1, 0.15) is 97.8 Å². The molecular formula is C31H43N3O6S. The number of carbonyl (C=O) groups is 2. The number of carbonyl (C=O) groups excluding carboxylic acids is 2. The van der Waals surface area contributed by atoms with Gasteiger partial charge in [-0.1, -0.05) is 39.2 Å². The van der Waals surface area contributed by atoms with Crippen LogP contribution in [0.5, 0.6) is 0 Å². The minimum Gasteiger partial charge on any atom is -0.462 e. The molecule has 1 N–H and O–H groups in total. The third-order valence-corrected chi connectivity index (χ3v) is 11.3. The molecule has 9 nitrogen and oxygen atoms in total. The summed E-state index contributed by atoms with van der Waals surface area (Å²) in [6.07, 6.45) is 7.31. The second kappa shape index (κ2) is 11.9. The third-order valence-electron chi connectivity index (χ3n) is 9.01. The number of fused-ring (bicyclic) bond motifs is 1. The summed E-state index contributed by atoms with van der Waals surface area (Å²) >= 11 is 0. The Morgan fingerprint density at radius 2 is 1.93 bits per heavy atom. The molecule has 0 unspecified atom stereocenters. The number of rotatable bonds is 8. The van der Waals surface area contributed by atoms with Crippen LogP contribution >= 0.6 is 0 Å². The molecule has 10 heteroatoms. The Morgan fingerprint density at radius 1 is 1.20 bits per heavy atom. The number of aryl methyl sites for hydroxylation is 1. The van der Waals surface area contributed by atoms with Crippen LogP contribution in [0.2, 0.25) is 0 Å². The van der Waals surface area contributed by atoms with Gasteiger partial charge < -0.3 is 14.8 Å². The topological polar surface area (TPSA) is 117 Å². The molecule has 1 saturated heterocycles. The fourth-order valence-corrected chi connectivity index (χ4v) is 8.42. The van der Waals surface area contributed by atoms with Crippen LogP contribution in [0.3, 0.4) is 0 Å². The summed E-state index contributed by atoms with van der Waals surface area (Å²) in [5.41, 5.74) is 2.22. The summed E-state index contributed by atoms with van der Waals surface area (Å²) in [7, 11) is -3.49. The largest absolute Gasteiger partial charge is 0.462 e. The van der Waals surface area contributed by atoms with Gasteiger partial charge in [0.25, 0.3) is 5.91 Å². The van der Waals surface area contributed by atoms with E-state index < -0.39 is 21.2 Å². The van der Waals surface area contributed by atoms with Crippen molar-refractivity contribution >= 4 is 21.7 Å². The molecule has 3 heterocycles. The predicted octanol–water partition coefficient (Wildman–Crippen LogP) is 4.52. The monoisotopic (exact) mass is 585 g/mol. The lowest BCUT2D eigenvalue weighted by Gasteiger charge is -2.36. The number of nitrogens with one attached hydrogen (secondary N) is 1. The van der Waals surface area contributed by atoms with Crippen molar-refractivity contribution in [1.29, 1.82) is 0 Å². The zero-order chi connectivity index (χ0) is 29.3. The number of esters is 1. The number of hydrogen-bond acceptors (Lipinski definition) is 7. The van der Waals surface area contributed by atoms with E-state index in [0.717, 1.165) is 49.8 Å². The van der Waals surface area contributed by atoms with Crippen LogP contribution in [0.25, 0.3) is 0 Å². The van der Waals surface area contributed by atoms with Crippen LogP contribution in [-0.4, -0.2) is 61.7 Å². The van der Waals surface area contributed by atoms with E-state index in [0.29, 0.717) is 51.3 Å². The summed E-state index contributed by atoms with van der Waals surface area (Å²) in [5.74, 6) is -0.631. The molecule has 2 aliphatic heterocycles. The second-order valence-corrected chi connectivity index (χ2v) is 15.0. The number of aromatic nitrogens is 2. The highest BCUT2D eigenvalue weighted by molar-refractivity contribution is 7.92. The van der Waals surface area contributed by atoms with Crippen molar-refractivity contribution in [1.82, 2.24) is 15.1 Å². The molecule has 1 aromatic heterocycles. The molecule has 1 spiro atoms. The van der Waals surface area contributed by atoms with Crippen molar-refractivity contribution in [2.45, 2.75) is 95.2 Å². The van der Waals surface area contributed by atoms with E-state index >= 15 is 0 Å². The fourth-order valence-electron chi connectivity index (χ4n) is 6.52. The predicted molar refractivity (Wildman–Crippen MR) is 155 cm³/mol. The Labute approximate surface area is 243 Å². The molecule has 0 bridgehead atoms. The lowest BCUT2D eigenvalue weighted by Crippen LogP contribution is -2.40. The highest BCUT2D eigenvalue weighted by atomic mass is 32.2. The molecule has 41 heavy (non-hydrogen) atoms. The van der Waals surface area contributed by atoms with E-state index in [1.54, 1.807) is 22.9 Å². The number of sulfone groups is 1. The fraction of sp³-hybridized carbons (Fsp3) is 0.645. The first-order chi connectivity index (χ1) is 19.5. The molecule has 5 rings (SSSR count). The van der Waals surface area contributed by atoms with E-state index in [1.807, 2.05) is 20.8 Å². The summed E-state index contributed by atoms with van der Waals surface area (Å²) in [4.78, 5) is 26.4. The van der Waals surface area contributed by atoms with Crippen molar-refractivity contribution in [3.63, 3.8) is 0 Å². The van der Waals surface area contributed by atoms with Crippen molar-refractivity contribution in [3.8, 4) is 0 Å². The van der Waals surface area contributed by atoms with Crippen molar-refractivity contribution in [2.24, 2.45) is 10.8 Å². The van der Waals surface area contributed by atoms with Crippen molar-refractivity contribution in [2.75, 3.05) is 26.4 Å². The maximum Gasteiger partial charge on any atom is 0.338 e. The Bertz CT molecular complexity index is 1380. The normalized spacial score (nSPS) is 19.8. The highest BCUT2D eigenvalue weighted by Gasteiger charge is 2.40. The van der Waals surface area contributed by atoms with Gasteiger partial charge in [0, 0.05) is 43.7 Å². The quantitative estimate of drug-likeness (QED) is 0.453. The summed E-state index contributed by atoms with van der Waals surface area (Å²) < 4.78 is 39.5. The van der Waals surface area contributed by atoms with Crippen LogP contribution in [0.4, 0.5) is 0 Å². The van der Waals surface area contributed by atoms with E-state index in [1.165, 1.54) is 6.07 Å². The van der Waals surface area contributed by atoms with Gasteiger partial charge in [0.15, 0.2) is 9.84 Å². The Kier molecular flexibility index (Phi) is 8.62. The summed E-state index contributed by atoms with van der Waals surface area (Å²) in [6, 6.07) is 6.24. The number of amides is 1. The van der Waals surface area contributed by atoms with Gasteiger partial charge in [-0.15, -0.1) is 0 Å². The Hall–Kier alpha value is -2.72. The van der Waals surface area contributed by atoms with Gasteiger partial charge in [0.2, 0.25) is 0 Å². The zero-order valence-electron chi connectivity index (χ0n) is 24.5. The molecule has 2 aromatic rings. The molecule has 3 aliphatic rings. The molecule has 224 valence electrons. The van der Waals surface area contributed by atoms with Gasteiger partial charge in [-0.05, 0) is 62.6 Å². The minimum absolute atomic E-state index is 0.0465.